The molecule has 0 spiro atoms. The van der Waals surface area contributed by atoms with Gasteiger partial charge in [-0.15, -0.1) is 0 Å². The largest absolute Gasteiger partial charge is 0.330 e. The molecule has 0 heterocycles. The molecule has 0 saturated heterocycles. The Bertz CT molecular complexity index is 333. The first-order valence-electron chi connectivity index (χ1n) is 5.85. The van der Waals surface area contributed by atoms with Gasteiger partial charge >= 0.3 is 0 Å². The second-order valence-electron chi connectivity index (χ2n) is 5.42. The van der Waals surface area contributed by atoms with E-state index in [2.05, 4.69) is 57.1 Å². The minimum Gasteiger partial charge on any atom is -0.330 e. The Balaban J connectivity index is 2.76. The molecule has 2 nitrogen and oxygen atoms in total. The molecule has 0 bridgehead atoms. The lowest BCUT2D eigenvalue weighted by molar-refractivity contribution is 0.224. The van der Waals surface area contributed by atoms with Crippen molar-refractivity contribution in [1.29, 1.82) is 0 Å². The maximum absolute atomic E-state index is 5.91. The highest BCUT2D eigenvalue weighted by Gasteiger charge is 2.23. The minimum atomic E-state index is 0.164. The maximum Gasteiger partial charge on any atom is 0.00445 e. The van der Waals surface area contributed by atoms with Crippen LogP contribution in [0.25, 0.3) is 0 Å². The predicted molar refractivity (Wildman–Crippen MR) is 70.6 cm³/mol. The second kappa shape index (κ2) is 5.46. The van der Waals surface area contributed by atoms with Gasteiger partial charge < -0.3 is 10.6 Å². The van der Waals surface area contributed by atoms with Crippen molar-refractivity contribution in [3.63, 3.8) is 0 Å². The predicted octanol–water partition coefficient (Wildman–Crippen LogP) is 2.06. The van der Waals surface area contributed by atoms with Crippen LogP contribution in [-0.4, -0.2) is 32.1 Å². The summed E-state index contributed by atoms with van der Waals surface area (Å²) in [6, 6.07) is 8.70. The van der Waals surface area contributed by atoms with Crippen LogP contribution in [0.5, 0.6) is 0 Å². The van der Waals surface area contributed by atoms with E-state index in [-0.39, 0.29) is 5.41 Å². The van der Waals surface area contributed by atoms with Gasteiger partial charge in [-0.25, -0.2) is 0 Å². The van der Waals surface area contributed by atoms with E-state index in [1.807, 2.05) is 0 Å². The van der Waals surface area contributed by atoms with Crippen LogP contribution >= 0.6 is 0 Å². The third-order valence-electron chi connectivity index (χ3n) is 2.90. The minimum absolute atomic E-state index is 0.164. The van der Waals surface area contributed by atoms with Crippen LogP contribution in [0, 0.1) is 12.3 Å². The summed E-state index contributed by atoms with van der Waals surface area (Å²) < 4.78 is 0. The van der Waals surface area contributed by atoms with Crippen molar-refractivity contribution in [2.24, 2.45) is 11.1 Å². The van der Waals surface area contributed by atoms with E-state index < -0.39 is 0 Å². The van der Waals surface area contributed by atoms with E-state index in [0.717, 1.165) is 19.5 Å². The summed E-state index contributed by atoms with van der Waals surface area (Å²) in [4.78, 5) is 2.21. The first-order chi connectivity index (χ1) is 7.45. The Labute approximate surface area is 99.5 Å². The van der Waals surface area contributed by atoms with E-state index >= 15 is 0 Å². The summed E-state index contributed by atoms with van der Waals surface area (Å²) >= 11 is 0. The lowest BCUT2D eigenvalue weighted by Crippen LogP contribution is -2.39. The van der Waals surface area contributed by atoms with Crippen molar-refractivity contribution < 1.29 is 0 Å². The first-order valence-corrected chi connectivity index (χ1v) is 5.85. The van der Waals surface area contributed by atoms with Crippen LogP contribution in [-0.2, 0) is 6.42 Å². The zero-order valence-electron chi connectivity index (χ0n) is 11.0. The van der Waals surface area contributed by atoms with Gasteiger partial charge in [-0.05, 0) is 45.0 Å². The van der Waals surface area contributed by atoms with Crippen molar-refractivity contribution in [3.8, 4) is 0 Å². The fourth-order valence-corrected chi connectivity index (χ4v) is 2.27. The number of hydrogen-bond acceptors (Lipinski definition) is 2. The molecule has 0 fully saturated rings. The molecule has 0 aliphatic carbocycles. The molecule has 0 aliphatic rings. The Morgan fingerprint density at radius 2 is 2.00 bits per heavy atom. The molecule has 1 aromatic rings. The third-order valence-corrected chi connectivity index (χ3v) is 2.90. The number of benzene rings is 1. The molecule has 0 amide bonds. The van der Waals surface area contributed by atoms with E-state index in [4.69, 9.17) is 5.73 Å². The van der Waals surface area contributed by atoms with Crippen LogP contribution in [0.3, 0.4) is 0 Å². The van der Waals surface area contributed by atoms with Crippen molar-refractivity contribution in [3.05, 3.63) is 35.4 Å². The molecular formula is C14H24N2. The molecule has 1 atom stereocenters. The van der Waals surface area contributed by atoms with Gasteiger partial charge in [-0.3, -0.25) is 0 Å². The highest BCUT2D eigenvalue weighted by Crippen LogP contribution is 2.22. The first kappa shape index (κ1) is 13.2. The Hall–Kier alpha value is -0.860. The van der Waals surface area contributed by atoms with Gasteiger partial charge in [0.25, 0.3) is 0 Å². The molecule has 0 aromatic heterocycles. The highest BCUT2D eigenvalue weighted by atomic mass is 15.1. The summed E-state index contributed by atoms with van der Waals surface area (Å²) in [6.07, 6.45) is 1.04. The Morgan fingerprint density at radius 3 is 2.50 bits per heavy atom. The third kappa shape index (κ3) is 3.95. The van der Waals surface area contributed by atoms with E-state index in [9.17, 15) is 0 Å². The highest BCUT2D eigenvalue weighted by molar-refractivity contribution is 5.23. The van der Waals surface area contributed by atoms with Gasteiger partial charge in [0, 0.05) is 6.54 Å². The normalized spacial score (nSPS) is 15.1. The molecule has 1 unspecified atom stereocenters. The van der Waals surface area contributed by atoms with Crippen molar-refractivity contribution in [2.75, 3.05) is 27.2 Å². The summed E-state index contributed by atoms with van der Waals surface area (Å²) in [5, 5.41) is 0. The summed E-state index contributed by atoms with van der Waals surface area (Å²) in [5.74, 6) is 0. The molecule has 16 heavy (non-hydrogen) atoms. The quantitative estimate of drug-likeness (QED) is 0.823. The molecule has 2 N–H and O–H groups in total. The van der Waals surface area contributed by atoms with Crippen LogP contribution < -0.4 is 5.73 Å². The molecule has 0 saturated carbocycles. The molecule has 1 rings (SSSR count). The summed E-state index contributed by atoms with van der Waals surface area (Å²) in [5.41, 5.74) is 8.78. The molecule has 0 aliphatic heterocycles. The van der Waals surface area contributed by atoms with E-state index in [0.29, 0.717) is 0 Å². The van der Waals surface area contributed by atoms with Gasteiger partial charge in [0.1, 0.15) is 0 Å². The number of hydrogen-bond donors (Lipinski definition) is 1. The maximum atomic E-state index is 5.91. The Morgan fingerprint density at radius 1 is 1.31 bits per heavy atom. The zero-order chi connectivity index (χ0) is 12.2. The van der Waals surface area contributed by atoms with Gasteiger partial charge in [-0.1, -0.05) is 36.8 Å². The molecular weight excluding hydrogens is 196 g/mol. The van der Waals surface area contributed by atoms with Gasteiger partial charge in [-0.2, -0.15) is 0 Å². The monoisotopic (exact) mass is 220 g/mol. The van der Waals surface area contributed by atoms with Crippen LogP contribution in [0.15, 0.2) is 24.3 Å². The average molecular weight is 220 g/mol. The van der Waals surface area contributed by atoms with Crippen LogP contribution in [0.4, 0.5) is 0 Å². The number of rotatable bonds is 5. The molecule has 90 valence electrons. The number of nitrogens with zero attached hydrogens (tertiary/aromatic N) is 1. The van der Waals surface area contributed by atoms with Gasteiger partial charge in [0.15, 0.2) is 0 Å². The van der Waals surface area contributed by atoms with Crippen LogP contribution in [0.2, 0.25) is 0 Å². The van der Waals surface area contributed by atoms with E-state index in [1.165, 1.54) is 11.1 Å². The summed E-state index contributed by atoms with van der Waals surface area (Å²) in [6.45, 7) is 6.14. The fraction of sp³-hybridized carbons (Fsp3) is 0.571. The smallest absolute Gasteiger partial charge is 0.00445 e. The van der Waals surface area contributed by atoms with Crippen molar-refractivity contribution >= 4 is 0 Å². The average Bonchev–Trinajstić information content (AvgIpc) is 2.16. The Kier molecular flexibility index (Phi) is 4.51. The molecule has 0 radical (unpaired) electrons. The second-order valence-corrected chi connectivity index (χ2v) is 5.42. The lowest BCUT2D eigenvalue weighted by Gasteiger charge is -2.31. The number of nitrogens with two attached hydrogens (primary N) is 1. The standard InChI is InChI=1S/C14H24N2/c1-12-6-5-7-13(8-12)9-14(2,10-15)11-16(3)4/h5-8H,9-11,15H2,1-4H3. The van der Waals surface area contributed by atoms with Crippen molar-refractivity contribution in [2.45, 2.75) is 20.3 Å². The van der Waals surface area contributed by atoms with Crippen LogP contribution in [0.1, 0.15) is 18.1 Å². The molecule has 1 aromatic carbocycles. The fourth-order valence-electron chi connectivity index (χ4n) is 2.27. The lowest BCUT2D eigenvalue weighted by atomic mass is 9.83. The van der Waals surface area contributed by atoms with E-state index in [1.54, 1.807) is 0 Å². The molecule has 2 heteroatoms. The SMILES string of the molecule is Cc1cccc(CC(C)(CN)CN(C)C)c1. The van der Waals surface area contributed by atoms with Gasteiger partial charge in [0.05, 0.1) is 0 Å². The number of aryl methyl sites for hydroxylation is 1. The van der Waals surface area contributed by atoms with Gasteiger partial charge in [0.2, 0.25) is 0 Å². The summed E-state index contributed by atoms with van der Waals surface area (Å²) in [7, 11) is 4.20. The topological polar surface area (TPSA) is 29.3 Å². The zero-order valence-corrected chi connectivity index (χ0v) is 11.0. The van der Waals surface area contributed by atoms with Crippen molar-refractivity contribution in [1.82, 2.24) is 4.90 Å².